The average Bonchev–Trinajstić information content (AvgIpc) is 2.22. The number of rotatable bonds is 1. The first-order valence-corrected chi connectivity index (χ1v) is 6.20. The molecule has 0 amide bonds. The summed E-state index contributed by atoms with van der Waals surface area (Å²) in [5.41, 5.74) is 0.786. The summed E-state index contributed by atoms with van der Waals surface area (Å²) < 4.78 is 6.03. The molecule has 0 aromatic rings. The zero-order valence-electron chi connectivity index (χ0n) is 10.5. The van der Waals surface area contributed by atoms with E-state index in [-0.39, 0.29) is 5.60 Å². The van der Waals surface area contributed by atoms with Crippen LogP contribution in [0.4, 0.5) is 0 Å². The zero-order valence-corrected chi connectivity index (χ0v) is 10.5. The van der Waals surface area contributed by atoms with Gasteiger partial charge in [0.15, 0.2) is 0 Å². The minimum absolute atomic E-state index is 0.262. The molecule has 2 bridgehead atoms. The Morgan fingerprint density at radius 1 is 1.00 bits per heavy atom. The Morgan fingerprint density at radius 3 is 1.79 bits per heavy atom. The van der Waals surface area contributed by atoms with E-state index in [0.29, 0.717) is 11.3 Å². The first-order chi connectivity index (χ1) is 6.56. The average molecular weight is 198 g/mol. The molecule has 84 valence electrons. The Bertz CT molecular complexity index is 159. The van der Waals surface area contributed by atoms with Gasteiger partial charge < -0.3 is 4.74 Å². The molecule has 2 saturated heterocycles. The summed E-state index contributed by atoms with van der Waals surface area (Å²) in [6.07, 6.45) is 5.35. The molecule has 0 unspecified atom stereocenters. The monoisotopic (exact) mass is 198 g/mol. The summed E-state index contributed by atoms with van der Waals surface area (Å²) in [4.78, 5) is 0. The van der Waals surface area contributed by atoms with Gasteiger partial charge >= 0.3 is 0 Å². The highest BCUT2D eigenvalue weighted by molar-refractivity contribution is 4.98. The van der Waals surface area contributed by atoms with E-state index in [1.54, 1.807) is 0 Å². The fraction of sp³-hybridized carbons (Fsp3) is 1.00. The number of hydrogen-bond acceptors (Lipinski definition) is 1. The summed E-state index contributed by atoms with van der Waals surface area (Å²) in [5.74, 6) is 0.697. The van der Waals surface area contributed by atoms with Crippen molar-refractivity contribution in [2.24, 2.45) is 11.3 Å². The maximum atomic E-state index is 6.03. The van der Waals surface area contributed by atoms with E-state index in [9.17, 15) is 0 Å². The Kier molecular flexibility index (Phi) is 3.63. The summed E-state index contributed by atoms with van der Waals surface area (Å²) in [6, 6.07) is 0. The largest absolute Gasteiger partial charge is 0.374 e. The van der Waals surface area contributed by atoms with Gasteiger partial charge in [0.25, 0.3) is 0 Å². The fourth-order valence-electron chi connectivity index (χ4n) is 2.63. The van der Waals surface area contributed by atoms with Crippen LogP contribution in [0.15, 0.2) is 0 Å². The van der Waals surface area contributed by atoms with Gasteiger partial charge in [-0.2, -0.15) is 0 Å². The second-order valence-corrected chi connectivity index (χ2v) is 5.32. The van der Waals surface area contributed by atoms with E-state index in [4.69, 9.17) is 4.74 Å². The molecule has 3 aliphatic rings. The molecule has 2 heterocycles. The van der Waals surface area contributed by atoms with E-state index in [1.807, 2.05) is 13.8 Å². The molecule has 0 spiro atoms. The summed E-state index contributed by atoms with van der Waals surface area (Å²) in [7, 11) is 0. The lowest BCUT2D eigenvalue weighted by Gasteiger charge is -2.53. The molecule has 1 heteroatoms. The minimum Gasteiger partial charge on any atom is -0.374 e. The van der Waals surface area contributed by atoms with Crippen molar-refractivity contribution < 1.29 is 4.74 Å². The first-order valence-electron chi connectivity index (χ1n) is 6.20. The molecule has 3 rings (SSSR count). The van der Waals surface area contributed by atoms with Crippen molar-refractivity contribution in [1.82, 2.24) is 0 Å². The summed E-state index contributed by atoms with van der Waals surface area (Å²) in [5, 5.41) is 0. The van der Waals surface area contributed by atoms with Gasteiger partial charge in [-0.15, -0.1) is 0 Å². The molecule has 0 aromatic heterocycles. The van der Waals surface area contributed by atoms with Crippen LogP contribution in [-0.4, -0.2) is 12.2 Å². The van der Waals surface area contributed by atoms with E-state index in [0.717, 1.165) is 6.61 Å². The van der Waals surface area contributed by atoms with Gasteiger partial charge in [0.05, 0.1) is 12.2 Å². The van der Waals surface area contributed by atoms with Crippen molar-refractivity contribution in [3.63, 3.8) is 0 Å². The third-order valence-electron chi connectivity index (χ3n) is 4.06. The lowest BCUT2D eigenvalue weighted by molar-refractivity contribution is -0.197. The van der Waals surface area contributed by atoms with Gasteiger partial charge in [-0.3, -0.25) is 0 Å². The van der Waals surface area contributed by atoms with Gasteiger partial charge in [-0.05, 0) is 37.0 Å². The molecule has 1 nitrogen and oxygen atoms in total. The Morgan fingerprint density at radius 2 is 1.50 bits per heavy atom. The molecule has 0 aromatic carbocycles. The molecule has 1 saturated carbocycles. The normalized spacial score (nSPS) is 40.7. The van der Waals surface area contributed by atoms with E-state index in [2.05, 4.69) is 20.8 Å². The van der Waals surface area contributed by atoms with Crippen LogP contribution >= 0.6 is 0 Å². The molecular weight excluding hydrogens is 172 g/mol. The van der Waals surface area contributed by atoms with Gasteiger partial charge in [-0.1, -0.05) is 34.6 Å². The van der Waals surface area contributed by atoms with Crippen molar-refractivity contribution in [3.8, 4) is 0 Å². The smallest absolute Gasteiger partial charge is 0.0706 e. The second kappa shape index (κ2) is 4.22. The van der Waals surface area contributed by atoms with Crippen LogP contribution in [0.2, 0.25) is 0 Å². The standard InChI is InChI=1S/C11H20O.C2H6/c1-9(2)11-6-4-10(3,5-7-11)8-12-11;1-2/h9H,4-8H2,1-3H3;1-2H3. The summed E-state index contributed by atoms with van der Waals surface area (Å²) in [6.45, 7) is 12.0. The van der Waals surface area contributed by atoms with Crippen LogP contribution in [0.5, 0.6) is 0 Å². The maximum Gasteiger partial charge on any atom is 0.0706 e. The van der Waals surface area contributed by atoms with Gasteiger partial charge in [0, 0.05) is 0 Å². The lowest BCUT2D eigenvalue weighted by atomic mass is 9.64. The molecule has 2 aliphatic heterocycles. The highest BCUT2D eigenvalue weighted by Gasteiger charge is 2.48. The van der Waals surface area contributed by atoms with Crippen molar-refractivity contribution in [1.29, 1.82) is 0 Å². The molecule has 3 fully saturated rings. The fourth-order valence-corrected chi connectivity index (χ4v) is 2.63. The van der Waals surface area contributed by atoms with Crippen LogP contribution in [0.25, 0.3) is 0 Å². The Hall–Kier alpha value is -0.0400. The molecule has 1 aliphatic carbocycles. The second-order valence-electron chi connectivity index (χ2n) is 5.32. The lowest BCUT2D eigenvalue weighted by Crippen LogP contribution is -2.52. The van der Waals surface area contributed by atoms with Crippen molar-refractivity contribution in [2.45, 2.75) is 65.9 Å². The van der Waals surface area contributed by atoms with Crippen molar-refractivity contribution in [3.05, 3.63) is 0 Å². The van der Waals surface area contributed by atoms with Crippen LogP contribution in [-0.2, 0) is 4.74 Å². The maximum absolute atomic E-state index is 6.03. The molecule has 0 atom stereocenters. The van der Waals surface area contributed by atoms with Crippen molar-refractivity contribution in [2.75, 3.05) is 6.61 Å². The quantitative estimate of drug-likeness (QED) is 0.618. The van der Waals surface area contributed by atoms with Crippen LogP contribution in [0.1, 0.15) is 60.3 Å². The molecule has 0 radical (unpaired) electrons. The van der Waals surface area contributed by atoms with Gasteiger partial charge in [0.1, 0.15) is 0 Å². The van der Waals surface area contributed by atoms with Crippen molar-refractivity contribution >= 4 is 0 Å². The Balaban J connectivity index is 0.000000461. The number of fused-ring (bicyclic) bond motifs is 3. The molecular formula is C13H26O. The predicted octanol–water partition coefficient (Wildman–Crippen LogP) is 4.02. The number of ether oxygens (including phenoxy) is 1. The number of hydrogen-bond donors (Lipinski definition) is 0. The van der Waals surface area contributed by atoms with Gasteiger partial charge in [0.2, 0.25) is 0 Å². The van der Waals surface area contributed by atoms with Crippen LogP contribution < -0.4 is 0 Å². The highest BCUT2D eigenvalue weighted by atomic mass is 16.5. The molecule has 0 N–H and O–H groups in total. The zero-order chi connectivity index (χ0) is 10.8. The highest BCUT2D eigenvalue weighted by Crippen LogP contribution is 2.51. The van der Waals surface area contributed by atoms with Crippen LogP contribution in [0, 0.1) is 11.3 Å². The predicted molar refractivity (Wildman–Crippen MR) is 61.4 cm³/mol. The SMILES string of the molecule is CC.CC(C)C12CCC(C)(CC1)CO2. The summed E-state index contributed by atoms with van der Waals surface area (Å²) >= 11 is 0. The van der Waals surface area contributed by atoms with E-state index >= 15 is 0 Å². The third kappa shape index (κ3) is 1.98. The van der Waals surface area contributed by atoms with E-state index < -0.39 is 0 Å². The third-order valence-corrected chi connectivity index (χ3v) is 4.06. The van der Waals surface area contributed by atoms with Gasteiger partial charge in [-0.25, -0.2) is 0 Å². The van der Waals surface area contributed by atoms with E-state index in [1.165, 1.54) is 25.7 Å². The molecule has 14 heavy (non-hydrogen) atoms. The topological polar surface area (TPSA) is 9.23 Å². The Labute approximate surface area is 89.2 Å². The first kappa shape index (κ1) is 12.0. The van der Waals surface area contributed by atoms with Crippen LogP contribution in [0.3, 0.4) is 0 Å². The minimum atomic E-state index is 0.262.